The second-order valence-electron chi connectivity index (χ2n) is 3.70. The number of hydrogen-bond acceptors (Lipinski definition) is 1. The van der Waals surface area contributed by atoms with Gasteiger partial charge in [-0.15, -0.1) is 0 Å². The second-order valence-corrected chi connectivity index (χ2v) is 4.97. The number of halogens is 5. The van der Waals surface area contributed by atoms with Gasteiger partial charge in [0.15, 0.2) is 17.4 Å². The molecular weight excluding hydrogens is 344 g/mol. The van der Waals surface area contributed by atoms with E-state index in [-0.39, 0.29) is 16.1 Å². The van der Waals surface area contributed by atoms with Crippen molar-refractivity contribution in [3.8, 4) is 0 Å². The maximum atomic E-state index is 13.7. The maximum absolute atomic E-state index is 13.7. The van der Waals surface area contributed by atoms with Crippen LogP contribution in [0, 0.1) is 17.5 Å². The summed E-state index contributed by atoms with van der Waals surface area (Å²) in [5, 5.41) is 0.146. The van der Waals surface area contributed by atoms with Crippen molar-refractivity contribution in [3.63, 3.8) is 0 Å². The summed E-state index contributed by atoms with van der Waals surface area (Å²) in [5.74, 6) is -3.82. The average molecular weight is 350 g/mol. The third-order valence-electron chi connectivity index (χ3n) is 2.44. The van der Waals surface area contributed by atoms with Crippen molar-refractivity contribution in [2.45, 2.75) is 0 Å². The highest BCUT2D eigenvalue weighted by Crippen LogP contribution is 2.27. The van der Waals surface area contributed by atoms with Crippen molar-refractivity contribution >= 4 is 33.3 Å². The van der Waals surface area contributed by atoms with Crippen molar-refractivity contribution in [1.82, 2.24) is 0 Å². The van der Waals surface area contributed by atoms with Crippen LogP contribution < -0.4 is 0 Å². The molecule has 0 radical (unpaired) electrons. The fourth-order valence-electron chi connectivity index (χ4n) is 1.49. The van der Waals surface area contributed by atoms with Crippen LogP contribution >= 0.6 is 27.5 Å². The molecule has 2 aromatic rings. The monoisotopic (exact) mass is 348 g/mol. The lowest BCUT2D eigenvalue weighted by Crippen LogP contribution is -2.05. The lowest BCUT2D eigenvalue weighted by atomic mass is 10.0. The minimum Gasteiger partial charge on any atom is -0.288 e. The maximum Gasteiger partial charge on any atom is 0.196 e. The van der Waals surface area contributed by atoms with Gasteiger partial charge >= 0.3 is 0 Å². The predicted molar refractivity (Wildman–Crippen MR) is 68.9 cm³/mol. The third kappa shape index (κ3) is 2.82. The van der Waals surface area contributed by atoms with Gasteiger partial charge < -0.3 is 0 Å². The Kier molecular flexibility index (Phi) is 3.96. The van der Waals surface area contributed by atoms with Crippen LogP contribution in [0.2, 0.25) is 5.02 Å². The van der Waals surface area contributed by atoms with E-state index < -0.39 is 23.2 Å². The highest BCUT2D eigenvalue weighted by Gasteiger charge is 2.17. The number of ketones is 1. The van der Waals surface area contributed by atoms with E-state index in [2.05, 4.69) is 15.9 Å². The molecule has 1 nitrogen and oxygen atoms in total. The van der Waals surface area contributed by atoms with Crippen molar-refractivity contribution < 1.29 is 18.0 Å². The summed E-state index contributed by atoms with van der Waals surface area (Å²) >= 11 is 8.79. The summed E-state index contributed by atoms with van der Waals surface area (Å²) in [4.78, 5) is 12.0. The Balaban J connectivity index is 2.49. The van der Waals surface area contributed by atoms with Crippen LogP contribution in [0.4, 0.5) is 13.2 Å². The Labute approximate surface area is 120 Å². The van der Waals surface area contributed by atoms with Crippen LogP contribution in [0.15, 0.2) is 34.8 Å². The molecular formula is C13H5BrClF3O. The Morgan fingerprint density at radius 2 is 1.68 bits per heavy atom. The minimum atomic E-state index is -1.17. The van der Waals surface area contributed by atoms with Crippen LogP contribution in [-0.2, 0) is 0 Å². The number of benzene rings is 2. The lowest BCUT2D eigenvalue weighted by molar-refractivity contribution is 0.103. The number of carbonyl (C=O) groups is 1. The molecule has 0 aliphatic carbocycles. The molecule has 0 aromatic heterocycles. The molecule has 0 aliphatic heterocycles. The number of hydrogen-bond donors (Lipinski definition) is 0. The highest BCUT2D eigenvalue weighted by molar-refractivity contribution is 9.10. The van der Waals surface area contributed by atoms with Gasteiger partial charge in [0.05, 0.1) is 10.6 Å². The van der Waals surface area contributed by atoms with Crippen molar-refractivity contribution in [3.05, 3.63) is 68.4 Å². The summed E-state index contributed by atoms with van der Waals surface area (Å²) in [6.07, 6.45) is 0. The molecule has 0 unspecified atom stereocenters. The summed E-state index contributed by atoms with van der Waals surface area (Å²) in [6, 6.07) is 4.77. The van der Waals surface area contributed by atoms with Crippen molar-refractivity contribution in [1.29, 1.82) is 0 Å². The first-order valence-electron chi connectivity index (χ1n) is 5.04. The zero-order valence-electron chi connectivity index (χ0n) is 9.18. The van der Waals surface area contributed by atoms with E-state index in [0.717, 1.165) is 24.3 Å². The van der Waals surface area contributed by atoms with E-state index in [1.54, 1.807) is 0 Å². The van der Waals surface area contributed by atoms with Crippen molar-refractivity contribution in [2.75, 3.05) is 0 Å². The zero-order chi connectivity index (χ0) is 14.2. The molecule has 2 rings (SSSR count). The molecule has 19 heavy (non-hydrogen) atoms. The molecule has 0 spiro atoms. The largest absolute Gasteiger partial charge is 0.288 e. The molecule has 0 N–H and O–H groups in total. The van der Waals surface area contributed by atoms with E-state index in [9.17, 15) is 18.0 Å². The Morgan fingerprint density at radius 3 is 2.32 bits per heavy atom. The van der Waals surface area contributed by atoms with Gasteiger partial charge in [0, 0.05) is 10.0 Å². The fraction of sp³-hybridized carbons (Fsp3) is 0. The normalized spacial score (nSPS) is 10.6. The number of rotatable bonds is 2. The van der Waals surface area contributed by atoms with Gasteiger partial charge in [-0.2, -0.15) is 0 Å². The van der Waals surface area contributed by atoms with E-state index in [4.69, 9.17) is 11.6 Å². The first-order valence-corrected chi connectivity index (χ1v) is 6.21. The fourth-order valence-corrected chi connectivity index (χ4v) is 1.97. The first-order chi connectivity index (χ1) is 8.90. The number of carbonyl (C=O) groups excluding carboxylic acids is 1. The molecule has 0 amide bonds. The highest BCUT2D eigenvalue weighted by atomic mass is 79.9. The molecule has 0 bridgehead atoms. The van der Waals surface area contributed by atoms with E-state index >= 15 is 0 Å². The Hall–Kier alpha value is -1.33. The Morgan fingerprint density at radius 1 is 1.00 bits per heavy atom. The van der Waals surface area contributed by atoms with Crippen LogP contribution in [0.1, 0.15) is 15.9 Å². The summed E-state index contributed by atoms with van der Waals surface area (Å²) in [7, 11) is 0. The smallest absolute Gasteiger partial charge is 0.196 e. The third-order valence-corrected chi connectivity index (χ3v) is 3.63. The van der Waals surface area contributed by atoms with Gasteiger partial charge in [-0.05, 0) is 46.3 Å². The summed E-state index contributed by atoms with van der Waals surface area (Å²) in [6.45, 7) is 0. The lowest BCUT2D eigenvalue weighted by Gasteiger charge is -2.05. The molecule has 6 heteroatoms. The van der Waals surface area contributed by atoms with Crippen molar-refractivity contribution in [2.24, 2.45) is 0 Å². The van der Waals surface area contributed by atoms with Crippen LogP contribution in [-0.4, -0.2) is 5.78 Å². The topological polar surface area (TPSA) is 17.1 Å². The Bertz CT molecular complexity index is 673. The predicted octanol–water partition coefficient (Wildman–Crippen LogP) is 4.75. The van der Waals surface area contributed by atoms with Gasteiger partial charge in [-0.1, -0.05) is 11.6 Å². The molecule has 2 aromatic carbocycles. The quantitative estimate of drug-likeness (QED) is 0.565. The standard InChI is InChI=1S/C13H5BrClF3O/c14-8-5-11(17)7(4-9(8)15)13(19)6-1-2-10(16)12(18)3-6/h1-5H. The minimum absolute atomic E-state index is 0.146. The van der Waals surface area contributed by atoms with E-state index in [1.807, 2.05) is 0 Å². The van der Waals surface area contributed by atoms with E-state index in [0.29, 0.717) is 10.5 Å². The zero-order valence-corrected chi connectivity index (χ0v) is 11.5. The summed E-state index contributed by atoms with van der Waals surface area (Å²) < 4.78 is 39.8. The van der Waals surface area contributed by atoms with Gasteiger partial charge in [0.25, 0.3) is 0 Å². The SMILES string of the molecule is O=C(c1ccc(F)c(F)c1)c1cc(Cl)c(Br)cc1F. The molecule has 98 valence electrons. The van der Waals surface area contributed by atoms with Gasteiger partial charge in [-0.25, -0.2) is 13.2 Å². The van der Waals surface area contributed by atoms with Crippen LogP contribution in [0.5, 0.6) is 0 Å². The molecule has 0 saturated heterocycles. The van der Waals surface area contributed by atoms with Gasteiger partial charge in [0.2, 0.25) is 0 Å². The summed E-state index contributed by atoms with van der Waals surface area (Å²) in [5.41, 5.74) is -0.463. The van der Waals surface area contributed by atoms with Crippen LogP contribution in [0.3, 0.4) is 0 Å². The van der Waals surface area contributed by atoms with Gasteiger partial charge in [-0.3, -0.25) is 4.79 Å². The average Bonchev–Trinajstić information content (AvgIpc) is 2.36. The van der Waals surface area contributed by atoms with E-state index in [1.165, 1.54) is 0 Å². The first kappa shape index (κ1) is 14.1. The molecule has 0 fully saturated rings. The molecule has 0 aliphatic rings. The molecule has 0 heterocycles. The van der Waals surface area contributed by atoms with Crippen LogP contribution in [0.25, 0.3) is 0 Å². The molecule has 0 atom stereocenters. The second kappa shape index (κ2) is 5.35. The van der Waals surface area contributed by atoms with Gasteiger partial charge in [0.1, 0.15) is 5.82 Å². The molecule has 0 saturated carbocycles.